The van der Waals surface area contributed by atoms with E-state index < -0.39 is 29.6 Å². The lowest BCUT2D eigenvalue weighted by Gasteiger charge is -2.31. The largest absolute Gasteiger partial charge is 0.481 e. The van der Waals surface area contributed by atoms with Gasteiger partial charge in [-0.1, -0.05) is 43.2 Å². The van der Waals surface area contributed by atoms with Crippen molar-refractivity contribution in [1.29, 1.82) is 0 Å². The fourth-order valence-electron chi connectivity index (χ4n) is 5.09. The molecule has 0 radical (unpaired) electrons. The summed E-state index contributed by atoms with van der Waals surface area (Å²) in [5.41, 5.74) is 3.10. The second-order valence-corrected chi connectivity index (χ2v) is 14.7. The van der Waals surface area contributed by atoms with Crippen LogP contribution in [-0.2, 0) is 15.5 Å². The molecule has 0 atom stereocenters. The number of benzene rings is 1. The van der Waals surface area contributed by atoms with E-state index in [0.717, 1.165) is 80.7 Å². The monoisotopic (exact) mass is 716 g/mol. The van der Waals surface area contributed by atoms with Gasteiger partial charge in [0.1, 0.15) is 22.5 Å². The molecule has 1 aliphatic rings. The number of aryl methyl sites for hydroxylation is 1. The van der Waals surface area contributed by atoms with Gasteiger partial charge in [-0.3, -0.25) is 4.79 Å². The molecule has 262 valence electrons. The van der Waals surface area contributed by atoms with Gasteiger partial charge in [0.15, 0.2) is 5.82 Å². The average molecular weight is 717 g/mol. The first-order valence-electron chi connectivity index (χ1n) is 15.9. The van der Waals surface area contributed by atoms with Crippen molar-refractivity contribution in [3.05, 3.63) is 60.2 Å². The summed E-state index contributed by atoms with van der Waals surface area (Å²) in [5, 5.41) is 10.8. The molecular weight excluding hydrogens is 678 g/mol. The summed E-state index contributed by atoms with van der Waals surface area (Å²) in [5.74, 6) is 0.215. The number of aliphatic carboxylic acids is 1. The quantitative estimate of drug-likeness (QED) is 0.179. The molecule has 1 aromatic carbocycles. The van der Waals surface area contributed by atoms with Crippen LogP contribution >= 0.6 is 23.6 Å². The van der Waals surface area contributed by atoms with E-state index in [1.165, 1.54) is 0 Å². The zero-order chi connectivity index (χ0) is 35.2. The number of pyridine rings is 2. The third kappa shape index (κ3) is 9.19. The zero-order valence-corrected chi connectivity index (χ0v) is 29.3. The Morgan fingerprint density at radius 2 is 1.73 bits per heavy atom. The molecule has 0 spiro atoms. The molecule has 0 saturated heterocycles. The standard InChI is InChI=1S/C34H39F3N6O4S2/c1-32(2,30(44)45)20-43-19-10-6-5-7-12-22-13-8-9-14-23(22)28-24(29-40-31(42-48-29)46-21-33(3,4)34(35,36)37)17-18-25(38-28)41-47-49-27-16-11-15-26(43)39-27/h8-9,11,13-18H,5-7,10,12,19-21H2,1-4H3,(H,38,41)(H,44,45). The highest BCUT2D eigenvalue weighted by atomic mass is 32.2. The molecule has 2 N–H and O–H groups in total. The van der Waals surface area contributed by atoms with Crippen LogP contribution in [0.25, 0.3) is 21.8 Å². The van der Waals surface area contributed by atoms with Crippen molar-refractivity contribution in [3.63, 3.8) is 0 Å². The summed E-state index contributed by atoms with van der Waals surface area (Å²) in [6, 6.07) is 16.9. The number of alkyl halides is 3. The SMILES string of the molecule is CC(C)(CN1CCCCCCc2ccccc2-c2nc(ccc2-c2nc(OCC(C)(C)C(F)(F)F)ns2)NOSc2cccc1n2)C(=O)O. The highest BCUT2D eigenvalue weighted by Gasteiger charge is 2.48. The molecule has 3 aromatic heterocycles. The Morgan fingerprint density at radius 3 is 2.51 bits per heavy atom. The number of aromatic nitrogens is 4. The molecule has 0 fully saturated rings. The number of rotatable bonds is 7. The Hall–Kier alpha value is -3.95. The first kappa shape index (κ1) is 36.3. The van der Waals surface area contributed by atoms with Gasteiger partial charge in [-0.05, 0) is 88.3 Å². The smallest absolute Gasteiger partial charge is 0.397 e. The van der Waals surface area contributed by atoms with Gasteiger partial charge in [0.05, 0.1) is 28.6 Å². The minimum Gasteiger partial charge on any atom is -0.481 e. The summed E-state index contributed by atoms with van der Waals surface area (Å²) in [4.78, 5) is 28.0. The Balaban J connectivity index is 1.44. The van der Waals surface area contributed by atoms with E-state index in [4.69, 9.17) is 19.0 Å². The van der Waals surface area contributed by atoms with Crippen LogP contribution in [0.3, 0.4) is 0 Å². The van der Waals surface area contributed by atoms with Crippen LogP contribution in [-0.4, -0.2) is 56.3 Å². The molecule has 0 unspecified atom stereocenters. The summed E-state index contributed by atoms with van der Waals surface area (Å²) in [7, 11) is 0. The first-order chi connectivity index (χ1) is 23.2. The lowest BCUT2D eigenvalue weighted by atomic mass is 9.93. The van der Waals surface area contributed by atoms with Gasteiger partial charge in [0.25, 0.3) is 0 Å². The van der Waals surface area contributed by atoms with E-state index in [1.807, 2.05) is 41.3 Å². The number of carbonyl (C=O) groups is 1. The zero-order valence-electron chi connectivity index (χ0n) is 27.7. The topological polar surface area (TPSA) is 123 Å². The molecule has 4 bridgehead atoms. The van der Waals surface area contributed by atoms with Gasteiger partial charge in [0, 0.05) is 24.2 Å². The fourth-order valence-corrected chi connectivity index (χ4v) is 6.21. The normalized spacial score (nSPS) is 15.0. The number of carboxylic acids is 1. The molecule has 0 aliphatic carbocycles. The molecule has 49 heavy (non-hydrogen) atoms. The van der Waals surface area contributed by atoms with Gasteiger partial charge in [-0.25, -0.2) is 15.4 Å². The molecule has 0 saturated carbocycles. The maximum absolute atomic E-state index is 13.4. The number of nitrogens with zero attached hydrogens (tertiary/aromatic N) is 5. The van der Waals surface area contributed by atoms with E-state index in [-0.39, 0.29) is 6.01 Å². The van der Waals surface area contributed by atoms with Crippen LogP contribution in [0.1, 0.15) is 58.9 Å². The number of halogens is 3. The van der Waals surface area contributed by atoms with Gasteiger partial charge in [-0.2, -0.15) is 22.4 Å². The summed E-state index contributed by atoms with van der Waals surface area (Å²) < 4.78 is 55.5. The molecule has 4 heterocycles. The number of ether oxygens (including phenoxy) is 1. The summed E-state index contributed by atoms with van der Waals surface area (Å²) in [6.07, 6.45) is 0.0526. The summed E-state index contributed by atoms with van der Waals surface area (Å²) >= 11 is 2.03. The lowest BCUT2D eigenvalue weighted by molar-refractivity contribution is -0.220. The molecule has 10 nitrogen and oxygen atoms in total. The highest BCUT2D eigenvalue weighted by molar-refractivity contribution is 7.94. The molecule has 4 aromatic rings. The van der Waals surface area contributed by atoms with Crippen molar-refractivity contribution < 1.29 is 32.1 Å². The minimum absolute atomic E-state index is 0.125. The second-order valence-electron chi connectivity index (χ2n) is 13.2. The van der Waals surface area contributed by atoms with Crippen LogP contribution in [0, 0.1) is 10.8 Å². The third-order valence-corrected chi connectivity index (χ3v) is 9.53. The van der Waals surface area contributed by atoms with E-state index in [0.29, 0.717) is 46.0 Å². The molecule has 15 heteroatoms. The van der Waals surface area contributed by atoms with E-state index >= 15 is 0 Å². The van der Waals surface area contributed by atoms with Crippen molar-refractivity contribution in [2.45, 2.75) is 71.0 Å². The number of fused-ring (bicyclic) bond motifs is 6. The molecule has 5 rings (SSSR count). The number of nitrogens with one attached hydrogen (secondary N) is 1. The van der Waals surface area contributed by atoms with E-state index in [2.05, 4.69) is 20.9 Å². The predicted octanol–water partition coefficient (Wildman–Crippen LogP) is 8.71. The Bertz CT molecular complexity index is 1750. The number of hydrogen-bond acceptors (Lipinski definition) is 11. The first-order valence-corrected chi connectivity index (χ1v) is 17.4. The van der Waals surface area contributed by atoms with Crippen molar-refractivity contribution in [3.8, 4) is 27.8 Å². The minimum atomic E-state index is -4.44. The number of anilines is 2. The maximum atomic E-state index is 13.4. The van der Waals surface area contributed by atoms with Gasteiger partial charge in [-0.15, -0.1) is 4.37 Å². The van der Waals surface area contributed by atoms with Gasteiger partial charge < -0.3 is 14.7 Å². The van der Waals surface area contributed by atoms with Crippen LogP contribution in [0.5, 0.6) is 6.01 Å². The Labute approximate surface area is 291 Å². The fraction of sp³-hybridized carbons (Fsp3) is 0.441. The maximum Gasteiger partial charge on any atom is 0.397 e. The number of hydrogen-bond donors (Lipinski definition) is 2. The Kier molecular flexibility index (Phi) is 11.3. The predicted molar refractivity (Wildman–Crippen MR) is 185 cm³/mol. The van der Waals surface area contributed by atoms with Crippen molar-refractivity contribution in [1.82, 2.24) is 19.3 Å². The van der Waals surface area contributed by atoms with Crippen LogP contribution in [0.2, 0.25) is 0 Å². The van der Waals surface area contributed by atoms with Gasteiger partial charge >= 0.3 is 18.2 Å². The second kappa shape index (κ2) is 15.3. The van der Waals surface area contributed by atoms with E-state index in [9.17, 15) is 23.1 Å². The number of carboxylic acid groups (broad SMARTS) is 1. The molecular formula is C34H39F3N6O4S2. The van der Waals surface area contributed by atoms with Crippen LogP contribution < -0.4 is 15.1 Å². The van der Waals surface area contributed by atoms with Gasteiger partial charge in [0.2, 0.25) is 0 Å². The summed E-state index contributed by atoms with van der Waals surface area (Å²) in [6.45, 7) is 5.93. The molecule has 0 amide bonds. The van der Waals surface area contributed by atoms with E-state index in [1.54, 1.807) is 26.0 Å². The van der Waals surface area contributed by atoms with Crippen LogP contribution in [0.15, 0.2) is 59.6 Å². The highest BCUT2D eigenvalue weighted by Crippen LogP contribution is 2.39. The lowest BCUT2D eigenvalue weighted by Crippen LogP contribution is -2.40. The van der Waals surface area contributed by atoms with Crippen molar-refractivity contribution in [2.24, 2.45) is 10.8 Å². The van der Waals surface area contributed by atoms with Crippen molar-refractivity contribution >= 4 is 41.2 Å². The Morgan fingerprint density at radius 1 is 0.959 bits per heavy atom. The van der Waals surface area contributed by atoms with Crippen LogP contribution in [0.4, 0.5) is 24.8 Å². The average Bonchev–Trinajstić information content (AvgIpc) is 3.53. The third-order valence-electron chi connectivity index (χ3n) is 8.23. The molecule has 1 aliphatic heterocycles. The van der Waals surface area contributed by atoms with Crippen molar-refractivity contribution in [2.75, 3.05) is 30.1 Å².